The number of ether oxygens (including phenoxy) is 3. The monoisotopic (exact) mass is 463 g/mol. The molecule has 1 amide bonds. The van der Waals surface area contributed by atoms with Crippen LogP contribution in [0.1, 0.15) is 27.7 Å². The minimum Gasteiger partial charge on any atom is -0.497 e. The Bertz CT molecular complexity index is 1100. The maximum absolute atomic E-state index is 12.7. The van der Waals surface area contributed by atoms with Crippen LogP contribution in [0.5, 0.6) is 5.75 Å². The number of amides is 1. The molecule has 2 fully saturated rings. The van der Waals surface area contributed by atoms with Crippen molar-refractivity contribution in [1.82, 2.24) is 25.2 Å². The normalized spacial score (nSPS) is 23.7. The number of carbonyl (C=O) groups excluding carboxylic acids is 1. The topological polar surface area (TPSA) is 90.7 Å². The summed E-state index contributed by atoms with van der Waals surface area (Å²) in [5, 5.41) is 11.8. The SMILES string of the molecule is COc1ccc(C(=O)NC2COC3C2OCC3n2cc(CN(C)Cc3ccccc3)nn2)cc1. The predicted octanol–water partition coefficient (Wildman–Crippen LogP) is 2.06. The van der Waals surface area contributed by atoms with Crippen molar-refractivity contribution >= 4 is 5.91 Å². The van der Waals surface area contributed by atoms with E-state index in [9.17, 15) is 4.79 Å². The molecule has 9 nitrogen and oxygen atoms in total. The standard InChI is InChI=1S/C25H29N5O4/c1-29(12-17-6-4-3-5-7-17)13-19-14-30(28-27-19)22-16-34-23-21(15-33-24(22)23)26-25(31)18-8-10-20(32-2)11-9-18/h3-11,14,21-24H,12-13,15-16H2,1-2H3,(H,26,31). The number of fused-ring (bicyclic) bond motifs is 1. The first-order valence-electron chi connectivity index (χ1n) is 11.4. The maximum atomic E-state index is 12.7. The highest BCUT2D eigenvalue weighted by Gasteiger charge is 2.49. The summed E-state index contributed by atoms with van der Waals surface area (Å²) in [6.45, 7) is 2.39. The van der Waals surface area contributed by atoms with E-state index in [0.717, 1.165) is 12.2 Å². The van der Waals surface area contributed by atoms with E-state index in [2.05, 4.69) is 39.7 Å². The Hall–Kier alpha value is -3.27. The third-order valence-corrected chi connectivity index (χ3v) is 6.32. The largest absolute Gasteiger partial charge is 0.497 e. The van der Waals surface area contributed by atoms with E-state index in [1.807, 2.05) is 29.1 Å². The molecule has 34 heavy (non-hydrogen) atoms. The Morgan fingerprint density at radius 1 is 1.09 bits per heavy atom. The highest BCUT2D eigenvalue weighted by Crippen LogP contribution is 2.34. The van der Waals surface area contributed by atoms with E-state index in [0.29, 0.717) is 31.1 Å². The first-order valence-corrected chi connectivity index (χ1v) is 11.4. The van der Waals surface area contributed by atoms with Crippen molar-refractivity contribution in [2.45, 2.75) is 37.4 Å². The third kappa shape index (κ3) is 4.82. The molecule has 1 N–H and O–H groups in total. The van der Waals surface area contributed by atoms with E-state index in [1.165, 1.54) is 5.56 Å². The van der Waals surface area contributed by atoms with Crippen LogP contribution in [0, 0.1) is 0 Å². The van der Waals surface area contributed by atoms with Gasteiger partial charge in [-0.25, -0.2) is 4.68 Å². The van der Waals surface area contributed by atoms with Gasteiger partial charge in [0.15, 0.2) is 0 Å². The number of nitrogens with zero attached hydrogens (tertiary/aromatic N) is 4. The molecule has 1 aromatic heterocycles. The van der Waals surface area contributed by atoms with Crippen LogP contribution in [-0.4, -0.2) is 71.4 Å². The zero-order chi connectivity index (χ0) is 23.5. The molecular formula is C25H29N5O4. The minimum absolute atomic E-state index is 0.0754. The summed E-state index contributed by atoms with van der Waals surface area (Å²) in [6, 6.07) is 17.1. The van der Waals surface area contributed by atoms with Crippen LogP contribution < -0.4 is 10.1 Å². The van der Waals surface area contributed by atoms with Gasteiger partial charge in [0.2, 0.25) is 0 Å². The second kappa shape index (κ2) is 9.92. The molecule has 2 aromatic carbocycles. The van der Waals surface area contributed by atoms with Crippen molar-refractivity contribution in [3.05, 3.63) is 77.6 Å². The summed E-state index contributed by atoms with van der Waals surface area (Å²) >= 11 is 0. The van der Waals surface area contributed by atoms with Crippen molar-refractivity contribution < 1.29 is 19.0 Å². The highest BCUT2D eigenvalue weighted by atomic mass is 16.6. The van der Waals surface area contributed by atoms with Crippen LogP contribution >= 0.6 is 0 Å². The van der Waals surface area contributed by atoms with Gasteiger partial charge >= 0.3 is 0 Å². The third-order valence-electron chi connectivity index (χ3n) is 6.32. The Labute approximate surface area is 198 Å². The molecule has 2 aliphatic heterocycles. The zero-order valence-electron chi connectivity index (χ0n) is 19.3. The average molecular weight is 464 g/mol. The highest BCUT2D eigenvalue weighted by molar-refractivity contribution is 5.94. The Kier molecular flexibility index (Phi) is 6.57. The number of hydrogen-bond donors (Lipinski definition) is 1. The fraction of sp³-hybridized carbons (Fsp3) is 0.400. The quantitative estimate of drug-likeness (QED) is 0.547. The molecule has 2 aliphatic rings. The Morgan fingerprint density at radius 2 is 1.85 bits per heavy atom. The van der Waals surface area contributed by atoms with Gasteiger partial charge in [-0.1, -0.05) is 35.5 Å². The molecule has 5 rings (SSSR count). The lowest BCUT2D eigenvalue weighted by atomic mass is 10.1. The van der Waals surface area contributed by atoms with E-state index < -0.39 is 0 Å². The molecule has 0 saturated carbocycles. The van der Waals surface area contributed by atoms with Crippen molar-refractivity contribution in [3.63, 3.8) is 0 Å². The molecule has 3 aromatic rings. The molecule has 9 heteroatoms. The van der Waals surface area contributed by atoms with Crippen LogP contribution in [0.3, 0.4) is 0 Å². The Morgan fingerprint density at radius 3 is 2.62 bits per heavy atom. The lowest BCUT2D eigenvalue weighted by Gasteiger charge is -2.18. The number of carbonyl (C=O) groups is 1. The van der Waals surface area contributed by atoms with Crippen LogP contribution in [0.2, 0.25) is 0 Å². The van der Waals surface area contributed by atoms with E-state index in [-0.39, 0.29) is 30.2 Å². The van der Waals surface area contributed by atoms with Crippen molar-refractivity contribution in [3.8, 4) is 5.75 Å². The number of methoxy groups -OCH3 is 1. The fourth-order valence-electron chi connectivity index (χ4n) is 4.60. The molecule has 2 saturated heterocycles. The molecule has 0 spiro atoms. The van der Waals surface area contributed by atoms with E-state index in [1.54, 1.807) is 31.4 Å². The number of benzene rings is 2. The molecular weight excluding hydrogens is 434 g/mol. The second-order valence-electron chi connectivity index (χ2n) is 8.82. The smallest absolute Gasteiger partial charge is 0.251 e. The van der Waals surface area contributed by atoms with E-state index >= 15 is 0 Å². The Balaban J connectivity index is 1.17. The van der Waals surface area contributed by atoms with Gasteiger partial charge in [-0.05, 0) is 36.9 Å². The lowest BCUT2D eigenvalue weighted by molar-refractivity contribution is 0.0613. The van der Waals surface area contributed by atoms with E-state index in [4.69, 9.17) is 14.2 Å². The summed E-state index contributed by atoms with van der Waals surface area (Å²) in [6.07, 6.45) is 1.56. The molecule has 4 unspecified atom stereocenters. The van der Waals surface area contributed by atoms with Gasteiger partial charge in [-0.2, -0.15) is 0 Å². The molecule has 0 radical (unpaired) electrons. The average Bonchev–Trinajstić information content (AvgIpc) is 3.57. The fourth-order valence-corrected chi connectivity index (χ4v) is 4.60. The van der Waals surface area contributed by atoms with Crippen LogP contribution in [0.25, 0.3) is 0 Å². The summed E-state index contributed by atoms with van der Waals surface area (Å²) in [7, 11) is 3.66. The van der Waals surface area contributed by atoms with Gasteiger partial charge in [0, 0.05) is 18.7 Å². The van der Waals surface area contributed by atoms with Gasteiger partial charge in [0.05, 0.1) is 38.3 Å². The van der Waals surface area contributed by atoms with Gasteiger partial charge in [-0.3, -0.25) is 9.69 Å². The summed E-state index contributed by atoms with van der Waals surface area (Å²) in [5.74, 6) is 0.551. The maximum Gasteiger partial charge on any atom is 0.251 e. The minimum atomic E-state index is -0.222. The first-order chi connectivity index (χ1) is 16.6. The predicted molar refractivity (Wildman–Crippen MR) is 124 cm³/mol. The molecule has 0 aliphatic carbocycles. The van der Waals surface area contributed by atoms with Crippen molar-refractivity contribution in [1.29, 1.82) is 0 Å². The molecule has 4 atom stereocenters. The second-order valence-corrected chi connectivity index (χ2v) is 8.82. The first kappa shape index (κ1) is 22.5. The number of aromatic nitrogens is 3. The van der Waals surface area contributed by atoms with Crippen LogP contribution in [0.15, 0.2) is 60.8 Å². The summed E-state index contributed by atoms with van der Waals surface area (Å²) < 4.78 is 19.1. The van der Waals surface area contributed by atoms with Crippen LogP contribution in [0.4, 0.5) is 0 Å². The van der Waals surface area contributed by atoms with Crippen molar-refractivity contribution in [2.75, 3.05) is 27.4 Å². The van der Waals surface area contributed by atoms with Crippen LogP contribution in [-0.2, 0) is 22.6 Å². The lowest BCUT2D eigenvalue weighted by Crippen LogP contribution is -2.44. The molecule has 3 heterocycles. The number of hydrogen-bond acceptors (Lipinski definition) is 7. The van der Waals surface area contributed by atoms with Gasteiger partial charge in [0.25, 0.3) is 5.91 Å². The van der Waals surface area contributed by atoms with Gasteiger partial charge < -0.3 is 19.5 Å². The summed E-state index contributed by atoms with van der Waals surface area (Å²) in [5.41, 5.74) is 2.72. The van der Waals surface area contributed by atoms with Gasteiger partial charge in [0.1, 0.15) is 24.0 Å². The number of nitrogens with one attached hydrogen (secondary N) is 1. The van der Waals surface area contributed by atoms with Crippen molar-refractivity contribution in [2.24, 2.45) is 0 Å². The molecule has 0 bridgehead atoms. The van der Waals surface area contributed by atoms with Gasteiger partial charge in [-0.15, -0.1) is 5.10 Å². The zero-order valence-corrected chi connectivity index (χ0v) is 19.3. The summed E-state index contributed by atoms with van der Waals surface area (Å²) in [4.78, 5) is 14.9. The number of rotatable bonds is 8. The molecule has 178 valence electrons.